The number of hydrogen-bond donors (Lipinski definition) is 2. The van der Waals surface area contributed by atoms with Crippen molar-refractivity contribution >= 4 is 45.0 Å². The lowest BCUT2D eigenvalue weighted by Gasteiger charge is -2.09. The molecule has 7 heteroatoms. The van der Waals surface area contributed by atoms with Crippen molar-refractivity contribution in [2.45, 2.75) is 5.16 Å². The van der Waals surface area contributed by atoms with E-state index in [1.165, 1.54) is 11.8 Å². The molecule has 0 amide bonds. The van der Waals surface area contributed by atoms with Gasteiger partial charge in [-0.1, -0.05) is 27.7 Å². The molecule has 0 atom stereocenters. The second-order valence-electron chi connectivity index (χ2n) is 3.59. The van der Waals surface area contributed by atoms with E-state index in [9.17, 15) is 0 Å². The topological polar surface area (TPSA) is 87.6 Å². The standard InChI is InChI=1S/C12H10BrN5S/c1-19-12-17-10(15)5-11(18-12)16-9-4-8(13)3-2-7(9)6-14/h2-5H,1H3,(H3,15,16,17,18). The van der Waals surface area contributed by atoms with Crippen molar-refractivity contribution in [2.75, 3.05) is 17.3 Å². The van der Waals surface area contributed by atoms with E-state index < -0.39 is 0 Å². The molecular weight excluding hydrogens is 326 g/mol. The molecule has 0 spiro atoms. The van der Waals surface area contributed by atoms with Gasteiger partial charge in [-0.2, -0.15) is 5.26 Å². The molecule has 0 fully saturated rings. The lowest BCUT2D eigenvalue weighted by Crippen LogP contribution is -2.01. The van der Waals surface area contributed by atoms with Crippen LogP contribution in [-0.2, 0) is 0 Å². The Labute approximate surface area is 123 Å². The summed E-state index contributed by atoms with van der Waals surface area (Å²) in [4.78, 5) is 8.36. The summed E-state index contributed by atoms with van der Waals surface area (Å²) in [6, 6.07) is 9.10. The third kappa shape index (κ3) is 3.36. The van der Waals surface area contributed by atoms with Crippen LogP contribution >= 0.6 is 27.7 Å². The van der Waals surface area contributed by atoms with Crippen LogP contribution in [0.2, 0.25) is 0 Å². The van der Waals surface area contributed by atoms with Crippen LogP contribution < -0.4 is 11.1 Å². The number of aromatic nitrogens is 2. The first-order valence-corrected chi connectivity index (χ1v) is 7.29. The first kappa shape index (κ1) is 13.6. The summed E-state index contributed by atoms with van der Waals surface area (Å²) in [5.74, 6) is 0.946. The van der Waals surface area contributed by atoms with Crippen molar-refractivity contribution in [3.63, 3.8) is 0 Å². The SMILES string of the molecule is CSc1nc(N)cc(Nc2cc(Br)ccc2C#N)n1. The van der Waals surface area contributed by atoms with Crippen molar-refractivity contribution < 1.29 is 0 Å². The third-order valence-corrected chi connectivity index (χ3v) is 3.31. The molecule has 0 saturated heterocycles. The van der Waals surface area contributed by atoms with Gasteiger partial charge in [0.05, 0.1) is 11.3 Å². The fourth-order valence-electron chi connectivity index (χ4n) is 1.45. The lowest BCUT2D eigenvalue weighted by atomic mass is 10.2. The van der Waals surface area contributed by atoms with E-state index in [1.807, 2.05) is 18.4 Å². The molecule has 2 aromatic rings. The molecule has 0 aliphatic rings. The Morgan fingerprint density at radius 3 is 2.84 bits per heavy atom. The van der Waals surface area contributed by atoms with Gasteiger partial charge in [0.25, 0.3) is 0 Å². The molecule has 0 aliphatic carbocycles. The molecule has 1 aromatic heterocycles. The van der Waals surface area contributed by atoms with Crippen LogP contribution in [0.15, 0.2) is 33.9 Å². The van der Waals surface area contributed by atoms with E-state index >= 15 is 0 Å². The molecule has 0 radical (unpaired) electrons. The van der Waals surface area contributed by atoms with Gasteiger partial charge in [0.15, 0.2) is 5.16 Å². The number of benzene rings is 1. The van der Waals surface area contributed by atoms with Crippen LogP contribution in [0.4, 0.5) is 17.3 Å². The predicted octanol–water partition coefficient (Wildman–Crippen LogP) is 3.16. The van der Waals surface area contributed by atoms with E-state index in [2.05, 4.69) is 37.3 Å². The monoisotopic (exact) mass is 335 g/mol. The number of halogens is 1. The molecule has 1 heterocycles. The van der Waals surface area contributed by atoms with Crippen molar-refractivity contribution in [1.29, 1.82) is 5.26 Å². The second-order valence-corrected chi connectivity index (χ2v) is 5.28. The fraction of sp³-hybridized carbons (Fsp3) is 0.0833. The Bertz CT molecular complexity index is 653. The highest BCUT2D eigenvalue weighted by Crippen LogP contribution is 2.25. The van der Waals surface area contributed by atoms with E-state index in [1.54, 1.807) is 12.1 Å². The highest BCUT2D eigenvalue weighted by atomic mass is 79.9. The summed E-state index contributed by atoms with van der Waals surface area (Å²) in [6.07, 6.45) is 1.87. The molecule has 96 valence electrons. The fourth-order valence-corrected chi connectivity index (χ4v) is 2.20. The highest BCUT2D eigenvalue weighted by molar-refractivity contribution is 9.10. The quantitative estimate of drug-likeness (QED) is 0.661. The number of nitrogen functional groups attached to an aromatic ring is 1. The summed E-state index contributed by atoms with van der Waals surface area (Å²) in [7, 11) is 0. The van der Waals surface area contributed by atoms with Crippen molar-refractivity contribution in [3.05, 3.63) is 34.3 Å². The van der Waals surface area contributed by atoms with E-state index in [4.69, 9.17) is 11.0 Å². The van der Waals surface area contributed by atoms with Gasteiger partial charge in [0.1, 0.15) is 17.7 Å². The van der Waals surface area contributed by atoms with Gasteiger partial charge in [-0.05, 0) is 24.5 Å². The second kappa shape index (κ2) is 5.91. The zero-order valence-corrected chi connectivity index (χ0v) is 12.4. The molecule has 1 aromatic carbocycles. The van der Waals surface area contributed by atoms with E-state index in [-0.39, 0.29) is 0 Å². The van der Waals surface area contributed by atoms with Gasteiger partial charge in [-0.25, -0.2) is 9.97 Å². The maximum absolute atomic E-state index is 9.08. The van der Waals surface area contributed by atoms with Crippen molar-refractivity contribution in [1.82, 2.24) is 9.97 Å². The van der Waals surface area contributed by atoms with Crippen LogP contribution in [0.5, 0.6) is 0 Å². The lowest BCUT2D eigenvalue weighted by molar-refractivity contribution is 0.984. The van der Waals surface area contributed by atoms with E-state index in [0.717, 1.165) is 4.47 Å². The first-order chi connectivity index (χ1) is 9.12. The third-order valence-electron chi connectivity index (χ3n) is 2.27. The van der Waals surface area contributed by atoms with Gasteiger partial charge in [-0.15, -0.1) is 0 Å². The average Bonchev–Trinajstić information content (AvgIpc) is 2.38. The minimum Gasteiger partial charge on any atom is -0.383 e. The molecule has 0 aliphatic heterocycles. The number of nitriles is 1. The molecule has 2 rings (SSSR count). The maximum Gasteiger partial charge on any atom is 0.191 e. The Morgan fingerprint density at radius 2 is 2.16 bits per heavy atom. The van der Waals surface area contributed by atoms with Crippen LogP contribution in [0, 0.1) is 11.3 Å². The van der Waals surface area contributed by atoms with Crippen molar-refractivity contribution in [3.8, 4) is 6.07 Å². The molecular formula is C12H10BrN5S. The molecule has 3 N–H and O–H groups in total. The number of thioether (sulfide) groups is 1. The molecule has 5 nitrogen and oxygen atoms in total. The number of nitrogens with zero attached hydrogens (tertiary/aromatic N) is 3. The normalized spacial score (nSPS) is 9.95. The first-order valence-electron chi connectivity index (χ1n) is 5.27. The van der Waals surface area contributed by atoms with Crippen LogP contribution in [0.1, 0.15) is 5.56 Å². The average molecular weight is 336 g/mol. The minimum atomic E-state index is 0.385. The van der Waals surface area contributed by atoms with Crippen molar-refractivity contribution in [2.24, 2.45) is 0 Å². The molecule has 19 heavy (non-hydrogen) atoms. The van der Waals surface area contributed by atoms with Crippen LogP contribution in [0.25, 0.3) is 0 Å². The van der Waals surface area contributed by atoms with Gasteiger partial charge in [0, 0.05) is 10.5 Å². The summed E-state index contributed by atoms with van der Waals surface area (Å²) < 4.78 is 0.876. The van der Waals surface area contributed by atoms with Gasteiger partial charge in [-0.3, -0.25) is 0 Å². The Balaban J connectivity index is 2.38. The van der Waals surface area contributed by atoms with Crippen LogP contribution in [0.3, 0.4) is 0 Å². The number of nitrogens with one attached hydrogen (secondary N) is 1. The number of nitrogens with two attached hydrogens (primary N) is 1. The Morgan fingerprint density at radius 1 is 1.37 bits per heavy atom. The Hall–Kier alpha value is -1.78. The minimum absolute atomic E-state index is 0.385. The molecule has 0 unspecified atom stereocenters. The maximum atomic E-state index is 9.08. The number of hydrogen-bond acceptors (Lipinski definition) is 6. The van der Waals surface area contributed by atoms with E-state index in [0.29, 0.717) is 28.0 Å². The van der Waals surface area contributed by atoms with Gasteiger partial charge in [0.2, 0.25) is 0 Å². The Kier molecular flexibility index (Phi) is 4.24. The summed E-state index contributed by atoms with van der Waals surface area (Å²) in [6.45, 7) is 0. The summed E-state index contributed by atoms with van der Waals surface area (Å²) in [5.41, 5.74) is 6.91. The zero-order valence-electron chi connectivity index (χ0n) is 10.0. The number of rotatable bonds is 3. The smallest absolute Gasteiger partial charge is 0.191 e. The highest BCUT2D eigenvalue weighted by Gasteiger charge is 2.06. The summed E-state index contributed by atoms with van der Waals surface area (Å²) >= 11 is 4.77. The zero-order chi connectivity index (χ0) is 13.8. The molecule has 0 bridgehead atoms. The number of anilines is 3. The summed E-state index contributed by atoms with van der Waals surface area (Å²) in [5, 5.41) is 12.7. The van der Waals surface area contributed by atoms with Crippen LogP contribution in [-0.4, -0.2) is 16.2 Å². The van der Waals surface area contributed by atoms with Gasteiger partial charge < -0.3 is 11.1 Å². The predicted molar refractivity (Wildman–Crippen MR) is 80.4 cm³/mol. The largest absolute Gasteiger partial charge is 0.383 e. The van der Waals surface area contributed by atoms with Gasteiger partial charge >= 0.3 is 0 Å². The molecule has 0 saturated carbocycles.